The minimum absolute atomic E-state index is 0.0612. The molecule has 0 aliphatic carbocycles. The fourth-order valence-corrected chi connectivity index (χ4v) is 2.25. The minimum Gasteiger partial charge on any atom is -0.376 e. The van der Waals surface area contributed by atoms with Gasteiger partial charge in [-0.1, -0.05) is 0 Å². The van der Waals surface area contributed by atoms with E-state index in [9.17, 15) is 4.79 Å². The van der Waals surface area contributed by atoms with Crippen LogP contribution in [-0.4, -0.2) is 34.6 Å². The van der Waals surface area contributed by atoms with Crippen molar-refractivity contribution >= 4 is 16.9 Å². The Morgan fingerprint density at radius 1 is 1.56 bits per heavy atom. The normalized spacial score (nSPS) is 23.4. The molecule has 0 bridgehead atoms. The number of nitrogens with one attached hydrogen (secondary N) is 2. The van der Waals surface area contributed by atoms with Crippen molar-refractivity contribution in [2.45, 2.75) is 25.5 Å². The van der Waals surface area contributed by atoms with Crippen LogP contribution in [0.5, 0.6) is 0 Å². The Kier molecular flexibility index (Phi) is 2.76. The van der Waals surface area contributed by atoms with Crippen LogP contribution < -0.4 is 5.32 Å². The molecule has 1 amide bonds. The summed E-state index contributed by atoms with van der Waals surface area (Å²) >= 11 is 0. The van der Waals surface area contributed by atoms with Crippen LogP contribution >= 0.6 is 0 Å². The number of imidazole rings is 1. The second-order valence-electron chi connectivity index (χ2n) is 4.58. The molecule has 0 saturated carbocycles. The summed E-state index contributed by atoms with van der Waals surface area (Å²) in [6, 6.07) is 5.56. The van der Waals surface area contributed by atoms with Crippen molar-refractivity contribution in [1.82, 2.24) is 15.3 Å². The minimum atomic E-state index is -0.0612. The van der Waals surface area contributed by atoms with E-state index in [1.54, 1.807) is 12.4 Å². The first kappa shape index (κ1) is 11.2. The summed E-state index contributed by atoms with van der Waals surface area (Å²) in [5.74, 6) is -0.0612. The predicted molar refractivity (Wildman–Crippen MR) is 67.4 cm³/mol. The average Bonchev–Trinajstić information content (AvgIpc) is 2.98. The first-order valence-corrected chi connectivity index (χ1v) is 6.09. The van der Waals surface area contributed by atoms with Crippen molar-refractivity contribution in [2.24, 2.45) is 0 Å². The Hall–Kier alpha value is -1.88. The molecule has 94 valence electrons. The Balaban J connectivity index is 1.78. The van der Waals surface area contributed by atoms with Crippen LogP contribution in [0.3, 0.4) is 0 Å². The molecule has 0 radical (unpaired) electrons. The fraction of sp³-hybridized carbons (Fsp3) is 0.385. The van der Waals surface area contributed by atoms with Gasteiger partial charge in [-0.05, 0) is 31.5 Å². The van der Waals surface area contributed by atoms with E-state index in [-0.39, 0.29) is 18.1 Å². The molecule has 2 unspecified atom stereocenters. The lowest BCUT2D eigenvalue weighted by atomic mass is 10.1. The van der Waals surface area contributed by atoms with Crippen LogP contribution in [0.1, 0.15) is 23.7 Å². The van der Waals surface area contributed by atoms with Crippen molar-refractivity contribution in [1.29, 1.82) is 0 Å². The van der Waals surface area contributed by atoms with E-state index in [1.807, 2.05) is 19.1 Å². The highest BCUT2D eigenvalue weighted by Gasteiger charge is 2.25. The molecule has 18 heavy (non-hydrogen) atoms. The zero-order chi connectivity index (χ0) is 12.5. The quantitative estimate of drug-likeness (QED) is 0.842. The molecule has 1 aliphatic rings. The fourth-order valence-electron chi connectivity index (χ4n) is 2.25. The zero-order valence-corrected chi connectivity index (χ0v) is 10.1. The molecular formula is C13H15N3O2. The van der Waals surface area contributed by atoms with Gasteiger partial charge in [0, 0.05) is 12.2 Å². The van der Waals surface area contributed by atoms with E-state index in [4.69, 9.17) is 4.74 Å². The maximum Gasteiger partial charge on any atom is 0.251 e. The summed E-state index contributed by atoms with van der Waals surface area (Å²) in [7, 11) is 0. The van der Waals surface area contributed by atoms with Gasteiger partial charge in [0.15, 0.2) is 0 Å². The Labute approximate surface area is 105 Å². The number of nitrogens with zero attached hydrogens (tertiary/aromatic N) is 1. The SMILES string of the molecule is CC1OCCC1NC(=O)c1ccc2nc[nH]c2c1. The number of benzene rings is 1. The highest BCUT2D eigenvalue weighted by molar-refractivity contribution is 5.97. The van der Waals surface area contributed by atoms with Crippen LogP contribution in [0, 0.1) is 0 Å². The molecule has 1 saturated heterocycles. The van der Waals surface area contributed by atoms with Gasteiger partial charge in [-0.15, -0.1) is 0 Å². The zero-order valence-electron chi connectivity index (χ0n) is 10.1. The van der Waals surface area contributed by atoms with Crippen LogP contribution in [0.15, 0.2) is 24.5 Å². The van der Waals surface area contributed by atoms with Crippen molar-refractivity contribution in [3.05, 3.63) is 30.1 Å². The van der Waals surface area contributed by atoms with Crippen molar-refractivity contribution in [3.63, 3.8) is 0 Å². The van der Waals surface area contributed by atoms with Gasteiger partial charge in [0.25, 0.3) is 5.91 Å². The number of H-pyrrole nitrogens is 1. The first-order valence-electron chi connectivity index (χ1n) is 6.09. The number of rotatable bonds is 2. The number of aromatic nitrogens is 2. The van der Waals surface area contributed by atoms with Gasteiger partial charge in [0.2, 0.25) is 0 Å². The second-order valence-corrected chi connectivity index (χ2v) is 4.58. The number of hydrogen-bond acceptors (Lipinski definition) is 3. The van der Waals surface area contributed by atoms with Gasteiger partial charge in [-0.25, -0.2) is 4.98 Å². The van der Waals surface area contributed by atoms with Crippen LogP contribution in [-0.2, 0) is 4.74 Å². The Morgan fingerprint density at radius 2 is 2.44 bits per heavy atom. The number of carbonyl (C=O) groups excluding carboxylic acids is 1. The number of aromatic amines is 1. The maximum atomic E-state index is 12.1. The average molecular weight is 245 g/mol. The number of amides is 1. The van der Waals surface area contributed by atoms with Gasteiger partial charge >= 0.3 is 0 Å². The molecule has 1 aromatic heterocycles. The van der Waals surface area contributed by atoms with Gasteiger partial charge < -0.3 is 15.0 Å². The first-order chi connectivity index (χ1) is 8.74. The standard InChI is InChI=1S/C13H15N3O2/c1-8-10(4-5-18-8)16-13(17)9-2-3-11-12(6-9)15-7-14-11/h2-3,6-8,10H,4-5H2,1H3,(H,14,15)(H,16,17). The summed E-state index contributed by atoms with van der Waals surface area (Å²) in [6.07, 6.45) is 2.59. The molecular weight excluding hydrogens is 230 g/mol. The van der Waals surface area contributed by atoms with Crippen LogP contribution in [0.2, 0.25) is 0 Å². The number of fused-ring (bicyclic) bond motifs is 1. The third-order valence-corrected chi connectivity index (χ3v) is 3.38. The van der Waals surface area contributed by atoms with Gasteiger partial charge in [0.05, 0.1) is 29.5 Å². The Bertz CT molecular complexity index is 578. The van der Waals surface area contributed by atoms with Crippen molar-refractivity contribution < 1.29 is 9.53 Å². The van der Waals surface area contributed by atoms with Crippen molar-refractivity contribution in [2.75, 3.05) is 6.61 Å². The molecule has 2 aromatic rings. The highest BCUT2D eigenvalue weighted by Crippen LogP contribution is 2.15. The third-order valence-electron chi connectivity index (χ3n) is 3.38. The monoisotopic (exact) mass is 245 g/mol. The largest absolute Gasteiger partial charge is 0.376 e. The predicted octanol–water partition coefficient (Wildman–Crippen LogP) is 1.47. The van der Waals surface area contributed by atoms with Gasteiger partial charge in [-0.2, -0.15) is 0 Å². The summed E-state index contributed by atoms with van der Waals surface area (Å²) in [4.78, 5) is 19.2. The molecule has 2 atom stereocenters. The summed E-state index contributed by atoms with van der Waals surface area (Å²) in [5, 5.41) is 3.00. The lowest BCUT2D eigenvalue weighted by molar-refractivity contribution is 0.0866. The smallest absolute Gasteiger partial charge is 0.251 e. The Morgan fingerprint density at radius 3 is 3.22 bits per heavy atom. The highest BCUT2D eigenvalue weighted by atomic mass is 16.5. The van der Waals surface area contributed by atoms with E-state index < -0.39 is 0 Å². The third kappa shape index (κ3) is 1.97. The van der Waals surface area contributed by atoms with Gasteiger partial charge in [-0.3, -0.25) is 4.79 Å². The van der Waals surface area contributed by atoms with E-state index in [0.29, 0.717) is 12.2 Å². The summed E-state index contributed by atoms with van der Waals surface area (Å²) in [6.45, 7) is 2.70. The van der Waals surface area contributed by atoms with Crippen LogP contribution in [0.25, 0.3) is 11.0 Å². The van der Waals surface area contributed by atoms with E-state index in [2.05, 4.69) is 15.3 Å². The lowest BCUT2D eigenvalue weighted by Gasteiger charge is -2.15. The van der Waals surface area contributed by atoms with E-state index >= 15 is 0 Å². The number of hydrogen-bond donors (Lipinski definition) is 2. The molecule has 5 nitrogen and oxygen atoms in total. The second kappa shape index (κ2) is 4.42. The molecule has 1 aliphatic heterocycles. The van der Waals surface area contributed by atoms with Gasteiger partial charge in [0.1, 0.15) is 0 Å². The molecule has 1 fully saturated rings. The number of carbonyl (C=O) groups is 1. The molecule has 3 rings (SSSR count). The lowest BCUT2D eigenvalue weighted by Crippen LogP contribution is -2.39. The molecule has 1 aromatic carbocycles. The topological polar surface area (TPSA) is 67.0 Å². The molecule has 0 spiro atoms. The van der Waals surface area contributed by atoms with Crippen LogP contribution in [0.4, 0.5) is 0 Å². The molecule has 2 heterocycles. The molecule has 2 N–H and O–H groups in total. The maximum absolute atomic E-state index is 12.1. The summed E-state index contributed by atoms with van der Waals surface area (Å²) in [5.41, 5.74) is 2.38. The van der Waals surface area contributed by atoms with Crippen molar-refractivity contribution in [3.8, 4) is 0 Å². The summed E-state index contributed by atoms with van der Waals surface area (Å²) < 4.78 is 5.43. The van der Waals surface area contributed by atoms with E-state index in [1.165, 1.54) is 0 Å². The number of ether oxygens (including phenoxy) is 1. The van der Waals surface area contributed by atoms with E-state index in [0.717, 1.165) is 17.5 Å². The molecule has 5 heteroatoms.